The molecule has 0 aliphatic heterocycles. The van der Waals surface area contributed by atoms with E-state index in [2.05, 4.69) is 5.32 Å². The zero-order valence-electron chi connectivity index (χ0n) is 12.1. The number of hydrogen-bond donors (Lipinski definition) is 2. The second-order valence-electron chi connectivity index (χ2n) is 5.19. The van der Waals surface area contributed by atoms with Crippen LogP contribution in [0.4, 0.5) is 10.1 Å². The number of aliphatic hydroxyl groups is 1. The zero-order chi connectivity index (χ0) is 14.7. The van der Waals surface area contributed by atoms with Crippen molar-refractivity contribution in [2.75, 3.05) is 11.9 Å². The Morgan fingerprint density at radius 2 is 1.90 bits per heavy atom. The van der Waals surface area contributed by atoms with Crippen molar-refractivity contribution in [1.29, 1.82) is 0 Å². The van der Waals surface area contributed by atoms with Crippen LogP contribution in [-0.2, 0) is 0 Å². The van der Waals surface area contributed by atoms with E-state index in [-0.39, 0.29) is 18.5 Å². The van der Waals surface area contributed by atoms with E-state index in [4.69, 9.17) is 0 Å². The van der Waals surface area contributed by atoms with Crippen LogP contribution in [-0.4, -0.2) is 11.7 Å². The Morgan fingerprint density at radius 3 is 2.55 bits per heavy atom. The average Bonchev–Trinajstić information content (AvgIpc) is 2.38. The molecule has 0 spiro atoms. The van der Waals surface area contributed by atoms with Crippen LogP contribution in [0.25, 0.3) is 0 Å². The van der Waals surface area contributed by atoms with Gasteiger partial charge in [0.05, 0.1) is 12.6 Å². The quantitative estimate of drug-likeness (QED) is 0.885. The second kappa shape index (κ2) is 6.06. The van der Waals surface area contributed by atoms with E-state index in [0.29, 0.717) is 5.69 Å². The fraction of sp³-hybridized carbons (Fsp3) is 0.294. The summed E-state index contributed by atoms with van der Waals surface area (Å²) < 4.78 is 13.4. The first-order valence-corrected chi connectivity index (χ1v) is 6.72. The van der Waals surface area contributed by atoms with Gasteiger partial charge in [-0.1, -0.05) is 18.2 Å². The Bertz CT molecular complexity index is 590. The Morgan fingerprint density at radius 1 is 1.15 bits per heavy atom. The van der Waals surface area contributed by atoms with Gasteiger partial charge >= 0.3 is 0 Å². The van der Waals surface area contributed by atoms with Crippen LogP contribution in [0.1, 0.15) is 28.3 Å². The van der Waals surface area contributed by atoms with Crippen molar-refractivity contribution in [3.63, 3.8) is 0 Å². The molecule has 0 saturated carbocycles. The number of aryl methyl sites for hydroxylation is 2. The third kappa shape index (κ3) is 3.17. The minimum absolute atomic E-state index is 0.0418. The third-order valence-electron chi connectivity index (χ3n) is 3.59. The lowest BCUT2D eigenvalue weighted by Gasteiger charge is -2.21. The number of anilines is 1. The second-order valence-corrected chi connectivity index (χ2v) is 5.19. The fourth-order valence-electron chi connectivity index (χ4n) is 2.39. The van der Waals surface area contributed by atoms with Crippen molar-refractivity contribution >= 4 is 5.69 Å². The predicted molar refractivity (Wildman–Crippen MR) is 80.5 cm³/mol. The Kier molecular flexibility index (Phi) is 4.40. The Labute approximate surface area is 119 Å². The Balaban J connectivity index is 2.31. The molecule has 2 nitrogen and oxygen atoms in total. The van der Waals surface area contributed by atoms with Crippen molar-refractivity contribution in [2.24, 2.45) is 0 Å². The van der Waals surface area contributed by atoms with Gasteiger partial charge in [0.2, 0.25) is 0 Å². The SMILES string of the molecule is Cc1cc(F)cc(NC(CO)c2cccc(C)c2C)c1. The van der Waals surface area contributed by atoms with Gasteiger partial charge in [-0.05, 0) is 61.2 Å². The summed E-state index contributed by atoms with van der Waals surface area (Å²) in [5.74, 6) is -0.273. The van der Waals surface area contributed by atoms with Gasteiger partial charge in [0.1, 0.15) is 5.82 Å². The van der Waals surface area contributed by atoms with Gasteiger partial charge in [-0.25, -0.2) is 4.39 Å². The van der Waals surface area contributed by atoms with Gasteiger partial charge in [0.15, 0.2) is 0 Å². The summed E-state index contributed by atoms with van der Waals surface area (Å²) in [6, 6.07) is 10.6. The number of aliphatic hydroxyl groups excluding tert-OH is 1. The van der Waals surface area contributed by atoms with Gasteiger partial charge in [-0.3, -0.25) is 0 Å². The Hall–Kier alpha value is -1.87. The molecule has 2 N–H and O–H groups in total. The number of halogens is 1. The minimum Gasteiger partial charge on any atom is -0.394 e. The normalized spacial score (nSPS) is 12.2. The summed E-state index contributed by atoms with van der Waals surface area (Å²) in [6.07, 6.45) is 0. The predicted octanol–water partition coefficient (Wildman–Crippen LogP) is 3.90. The smallest absolute Gasteiger partial charge is 0.125 e. The standard InChI is InChI=1S/C17H20FNO/c1-11-7-14(18)9-15(8-11)19-17(10-20)16-6-4-5-12(2)13(16)3/h4-9,17,19-20H,10H2,1-3H3. The first kappa shape index (κ1) is 14.5. The fourth-order valence-corrected chi connectivity index (χ4v) is 2.39. The largest absolute Gasteiger partial charge is 0.394 e. The highest BCUT2D eigenvalue weighted by Gasteiger charge is 2.14. The molecule has 1 unspecified atom stereocenters. The molecule has 2 aromatic rings. The molecular weight excluding hydrogens is 253 g/mol. The van der Waals surface area contributed by atoms with Gasteiger partial charge in [0.25, 0.3) is 0 Å². The molecular formula is C17H20FNO. The summed E-state index contributed by atoms with van der Waals surface area (Å²) >= 11 is 0. The molecule has 0 aliphatic carbocycles. The van der Waals surface area contributed by atoms with E-state index in [9.17, 15) is 9.50 Å². The molecule has 0 heterocycles. The van der Waals surface area contributed by atoms with Crippen LogP contribution in [0.5, 0.6) is 0 Å². The van der Waals surface area contributed by atoms with Gasteiger partial charge in [-0.2, -0.15) is 0 Å². The van der Waals surface area contributed by atoms with Gasteiger partial charge in [0, 0.05) is 5.69 Å². The van der Waals surface area contributed by atoms with E-state index >= 15 is 0 Å². The van der Waals surface area contributed by atoms with Crippen molar-refractivity contribution in [3.05, 3.63) is 64.5 Å². The number of benzene rings is 2. The topological polar surface area (TPSA) is 32.3 Å². The highest BCUT2D eigenvalue weighted by atomic mass is 19.1. The average molecular weight is 273 g/mol. The van der Waals surface area contributed by atoms with E-state index in [1.165, 1.54) is 17.7 Å². The molecule has 1 atom stereocenters. The van der Waals surface area contributed by atoms with Crippen LogP contribution in [0.15, 0.2) is 36.4 Å². The lowest BCUT2D eigenvalue weighted by molar-refractivity contribution is 0.276. The summed E-state index contributed by atoms with van der Waals surface area (Å²) in [5, 5.41) is 12.8. The van der Waals surface area contributed by atoms with Crippen LogP contribution in [0, 0.1) is 26.6 Å². The molecule has 0 bridgehead atoms. The molecule has 3 heteroatoms. The number of nitrogens with one attached hydrogen (secondary N) is 1. The molecule has 106 valence electrons. The molecule has 0 aromatic heterocycles. The van der Waals surface area contributed by atoms with Crippen molar-refractivity contribution in [1.82, 2.24) is 0 Å². The van der Waals surface area contributed by atoms with Crippen LogP contribution in [0.3, 0.4) is 0 Å². The number of rotatable bonds is 4. The molecule has 0 aliphatic rings. The third-order valence-corrected chi connectivity index (χ3v) is 3.59. The molecule has 0 fully saturated rings. The lowest BCUT2D eigenvalue weighted by atomic mass is 9.97. The van der Waals surface area contributed by atoms with E-state index in [1.54, 1.807) is 0 Å². The van der Waals surface area contributed by atoms with Crippen LogP contribution in [0.2, 0.25) is 0 Å². The maximum Gasteiger partial charge on any atom is 0.125 e. The van der Waals surface area contributed by atoms with Gasteiger partial charge in [-0.15, -0.1) is 0 Å². The molecule has 2 aromatic carbocycles. The van der Waals surface area contributed by atoms with Gasteiger partial charge < -0.3 is 10.4 Å². The lowest BCUT2D eigenvalue weighted by Crippen LogP contribution is -2.16. The summed E-state index contributed by atoms with van der Waals surface area (Å²) in [7, 11) is 0. The first-order valence-electron chi connectivity index (χ1n) is 6.72. The summed E-state index contributed by atoms with van der Waals surface area (Å²) in [5.41, 5.74) is 4.90. The molecule has 0 amide bonds. The van der Waals surface area contributed by atoms with Crippen LogP contribution < -0.4 is 5.32 Å². The first-order chi connectivity index (χ1) is 9.51. The molecule has 2 rings (SSSR count). The van der Waals surface area contributed by atoms with E-state index in [1.807, 2.05) is 45.0 Å². The maximum atomic E-state index is 13.4. The molecule has 0 radical (unpaired) electrons. The summed E-state index contributed by atoms with van der Waals surface area (Å²) in [6.45, 7) is 5.88. The maximum absolute atomic E-state index is 13.4. The monoisotopic (exact) mass is 273 g/mol. The van der Waals surface area contributed by atoms with Crippen molar-refractivity contribution in [3.8, 4) is 0 Å². The van der Waals surface area contributed by atoms with E-state index in [0.717, 1.165) is 16.7 Å². The van der Waals surface area contributed by atoms with E-state index < -0.39 is 0 Å². The molecule has 20 heavy (non-hydrogen) atoms. The van der Waals surface area contributed by atoms with Crippen molar-refractivity contribution in [2.45, 2.75) is 26.8 Å². The van der Waals surface area contributed by atoms with Crippen molar-refractivity contribution < 1.29 is 9.50 Å². The highest BCUT2D eigenvalue weighted by molar-refractivity contribution is 5.49. The minimum atomic E-state index is -0.273. The number of hydrogen-bond acceptors (Lipinski definition) is 2. The molecule has 0 saturated heterocycles. The highest BCUT2D eigenvalue weighted by Crippen LogP contribution is 2.25. The summed E-state index contributed by atoms with van der Waals surface area (Å²) in [4.78, 5) is 0. The van der Waals surface area contributed by atoms with Crippen LogP contribution >= 0.6 is 0 Å². The zero-order valence-corrected chi connectivity index (χ0v) is 12.1.